The minimum atomic E-state index is -0.0458. The SMILES string of the molecule is COc1cc(CC(=O)N(CCO)Cc2ccccc2)ccc1C. The summed E-state index contributed by atoms with van der Waals surface area (Å²) in [6.07, 6.45) is 0.295. The maximum Gasteiger partial charge on any atom is 0.227 e. The van der Waals surface area contributed by atoms with E-state index in [0.717, 1.165) is 22.4 Å². The zero-order valence-electron chi connectivity index (χ0n) is 13.7. The molecule has 0 bridgehead atoms. The van der Waals surface area contributed by atoms with E-state index in [9.17, 15) is 9.90 Å². The Morgan fingerprint density at radius 1 is 1.13 bits per heavy atom. The molecule has 4 nitrogen and oxygen atoms in total. The summed E-state index contributed by atoms with van der Waals surface area (Å²) in [5.41, 5.74) is 3.00. The van der Waals surface area contributed by atoms with Gasteiger partial charge in [-0.25, -0.2) is 0 Å². The van der Waals surface area contributed by atoms with E-state index in [0.29, 0.717) is 19.5 Å². The Labute approximate surface area is 137 Å². The van der Waals surface area contributed by atoms with Crippen LogP contribution < -0.4 is 4.74 Å². The fraction of sp³-hybridized carbons (Fsp3) is 0.316. The normalized spacial score (nSPS) is 10.4. The first-order valence-corrected chi connectivity index (χ1v) is 7.70. The maximum atomic E-state index is 12.6. The van der Waals surface area contributed by atoms with Crippen molar-refractivity contribution in [3.63, 3.8) is 0 Å². The number of hydrogen-bond acceptors (Lipinski definition) is 3. The summed E-state index contributed by atoms with van der Waals surface area (Å²) in [7, 11) is 1.63. The molecule has 0 fully saturated rings. The van der Waals surface area contributed by atoms with Gasteiger partial charge in [0.2, 0.25) is 5.91 Å². The van der Waals surface area contributed by atoms with Crippen LogP contribution in [0, 0.1) is 6.92 Å². The topological polar surface area (TPSA) is 49.8 Å². The van der Waals surface area contributed by atoms with Gasteiger partial charge in [0.05, 0.1) is 20.1 Å². The van der Waals surface area contributed by atoms with Gasteiger partial charge in [-0.3, -0.25) is 4.79 Å². The van der Waals surface area contributed by atoms with Gasteiger partial charge in [0, 0.05) is 13.1 Å². The molecule has 0 saturated carbocycles. The molecule has 2 aromatic carbocycles. The Morgan fingerprint density at radius 2 is 1.87 bits per heavy atom. The molecule has 0 heterocycles. The Kier molecular flexibility index (Phi) is 6.18. The van der Waals surface area contributed by atoms with Crippen LogP contribution in [0.1, 0.15) is 16.7 Å². The van der Waals surface area contributed by atoms with Crippen molar-refractivity contribution in [2.75, 3.05) is 20.3 Å². The molecule has 0 aliphatic rings. The van der Waals surface area contributed by atoms with E-state index in [-0.39, 0.29) is 12.5 Å². The first-order chi connectivity index (χ1) is 11.1. The summed E-state index contributed by atoms with van der Waals surface area (Å²) in [6.45, 7) is 2.76. The van der Waals surface area contributed by atoms with Crippen molar-refractivity contribution < 1.29 is 14.6 Å². The number of carbonyl (C=O) groups is 1. The lowest BCUT2D eigenvalue weighted by Gasteiger charge is -2.22. The molecule has 122 valence electrons. The predicted octanol–water partition coefficient (Wildman–Crippen LogP) is 2.57. The van der Waals surface area contributed by atoms with Crippen LogP contribution in [0.15, 0.2) is 48.5 Å². The van der Waals surface area contributed by atoms with Crippen molar-refractivity contribution in [3.05, 3.63) is 65.2 Å². The number of benzene rings is 2. The van der Waals surface area contributed by atoms with Crippen LogP contribution in [-0.2, 0) is 17.8 Å². The summed E-state index contributed by atoms with van der Waals surface area (Å²) < 4.78 is 5.31. The minimum absolute atomic E-state index is 0.00573. The van der Waals surface area contributed by atoms with E-state index in [2.05, 4.69) is 0 Å². The average molecular weight is 313 g/mol. The maximum absolute atomic E-state index is 12.6. The Hall–Kier alpha value is -2.33. The molecule has 0 aliphatic heterocycles. The quantitative estimate of drug-likeness (QED) is 0.855. The lowest BCUT2D eigenvalue weighted by atomic mass is 10.1. The molecule has 0 atom stereocenters. The van der Waals surface area contributed by atoms with Crippen molar-refractivity contribution in [1.82, 2.24) is 4.90 Å². The van der Waals surface area contributed by atoms with E-state index in [4.69, 9.17) is 4.74 Å². The molecular formula is C19H23NO3. The number of aliphatic hydroxyl groups excluding tert-OH is 1. The summed E-state index contributed by atoms with van der Waals surface area (Å²) in [4.78, 5) is 14.2. The highest BCUT2D eigenvalue weighted by atomic mass is 16.5. The van der Waals surface area contributed by atoms with Gasteiger partial charge in [0.15, 0.2) is 0 Å². The second-order valence-electron chi connectivity index (χ2n) is 5.51. The fourth-order valence-corrected chi connectivity index (χ4v) is 2.48. The lowest BCUT2D eigenvalue weighted by Crippen LogP contribution is -2.34. The highest BCUT2D eigenvalue weighted by molar-refractivity contribution is 5.79. The van der Waals surface area contributed by atoms with Gasteiger partial charge in [-0.15, -0.1) is 0 Å². The smallest absolute Gasteiger partial charge is 0.227 e. The molecule has 0 spiro atoms. The van der Waals surface area contributed by atoms with Gasteiger partial charge in [0.25, 0.3) is 0 Å². The zero-order chi connectivity index (χ0) is 16.7. The number of methoxy groups -OCH3 is 1. The Bertz CT molecular complexity index is 640. The van der Waals surface area contributed by atoms with Crippen molar-refractivity contribution in [3.8, 4) is 5.75 Å². The van der Waals surface area contributed by atoms with Crippen LogP contribution in [0.25, 0.3) is 0 Å². The molecule has 0 radical (unpaired) electrons. The third-order valence-corrected chi connectivity index (χ3v) is 3.77. The van der Waals surface area contributed by atoms with Gasteiger partial charge in [-0.05, 0) is 29.7 Å². The van der Waals surface area contributed by atoms with Gasteiger partial charge in [-0.2, -0.15) is 0 Å². The average Bonchev–Trinajstić information content (AvgIpc) is 2.57. The number of nitrogens with zero attached hydrogens (tertiary/aromatic N) is 1. The standard InChI is InChI=1S/C19H23NO3/c1-15-8-9-17(12-18(15)23-2)13-19(22)20(10-11-21)14-16-6-4-3-5-7-16/h3-9,12,21H,10-11,13-14H2,1-2H3. The summed E-state index contributed by atoms with van der Waals surface area (Å²) in [6, 6.07) is 15.6. The molecule has 2 aromatic rings. The van der Waals surface area contributed by atoms with Crippen molar-refractivity contribution >= 4 is 5.91 Å². The second kappa shape index (κ2) is 8.34. The van der Waals surface area contributed by atoms with E-state index in [1.54, 1.807) is 12.0 Å². The van der Waals surface area contributed by atoms with Crippen molar-refractivity contribution in [1.29, 1.82) is 0 Å². The molecule has 0 aliphatic carbocycles. The van der Waals surface area contributed by atoms with Crippen LogP contribution in [0.4, 0.5) is 0 Å². The molecule has 1 N–H and O–H groups in total. The van der Waals surface area contributed by atoms with E-state index >= 15 is 0 Å². The summed E-state index contributed by atoms with van der Waals surface area (Å²) >= 11 is 0. The number of carbonyl (C=O) groups excluding carboxylic acids is 1. The third kappa shape index (κ3) is 4.83. The number of aryl methyl sites for hydroxylation is 1. The van der Waals surface area contributed by atoms with E-state index in [1.165, 1.54) is 0 Å². The predicted molar refractivity (Wildman–Crippen MR) is 90.4 cm³/mol. The van der Waals surface area contributed by atoms with Gasteiger partial charge in [0.1, 0.15) is 5.75 Å². The first kappa shape index (κ1) is 17.0. The molecule has 0 saturated heterocycles. The number of ether oxygens (including phenoxy) is 1. The molecule has 0 unspecified atom stereocenters. The second-order valence-corrected chi connectivity index (χ2v) is 5.51. The first-order valence-electron chi connectivity index (χ1n) is 7.70. The molecule has 1 amide bonds. The fourth-order valence-electron chi connectivity index (χ4n) is 2.48. The summed E-state index contributed by atoms with van der Waals surface area (Å²) in [5, 5.41) is 9.23. The number of amides is 1. The molecule has 0 aromatic heterocycles. The highest BCUT2D eigenvalue weighted by Crippen LogP contribution is 2.20. The van der Waals surface area contributed by atoms with Crippen LogP contribution in [0.5, 0.6) is 5.75 Å². The van der Waals surface area contributed by atoms with Crippen LogP contribution in [0.3, 0.4) is 0 Å². The molecular weight excluding hydrogens is 290 g/mol. The molecule has 2 rings (SSSR count). The van der Waals surface area contributed by atoms with E-state index < -0.39 is 0 Å². The van der Waals surface area contributed by atoms with Crippen LogP contribution >= 0.6 is 0 Å². The summed E-state index contributed by atoms with van der Waals surface area (Å²) in [5.74, 6) is 0.779. The largest absolute Gasteiger partial charge is 0.496 e. The molecule has 4 heteroatoms. The lowest BCUT2D eigenvalue weighted by molar-refractivity contribution is -0.131. The number of hydrogen-bond donors (Lipinski definition) is 1. The Morgan fingerprint density at radius 3 is 2.52 bits per heavy atom. The molecule has 23 heavy (non-hydrogen) atoms. The van der Waals surface area contributed by atoms with E-state index in [1.807, 2.05) is 55.5 Å². The zero-order valence-corrected chi connectivity index (χ0v) is 13.7. The Balaban J connectivity index is 2.08. The van der Waals surface area contributed by atoms with Crippen LogP contribution in [-0.4, -0.2) is 36.2 Å². The third-order valence-electron chi connectivity index (χ3n) is 3.77. The van der Waals surface area contributed by atoms with Crippen molar-refractivity contribution in [2.45, 2.75) is 19.9 Å². The van der Waals surface area contributed by atoms with Gasteiger partial charge >= 0.3 is 0 Å². The number of aliphatic hydroxyl groups is 1. The van der Waals surface area contributed by atoms with Crippen molar-refractivity contribution in [2.24, 2.45) is 0 Å². The minimum Gasteiger partial charge on any atom is -0.496 e. The van der Waals surface area contributed by atoms with Gasteiger partial charge < -0.3 is 14.7 Å². The van der Waals surface area contributed by atoms with Gasteiger partial charge in [-0.1, -0.05) is 42.5 Å². The number of rotatable bonds is 7. The monoisotopic (exact) mass is 313 g/mol. The highest BCUT2D eigenvalue weighted by Gasteiger charge is 2.15. The van der Waals surface area contributed by atoms with Crippen LogP contribution in [0.2, 0.25) is 0 Å².